The molecule has 17 heteroatoms. The van der Waals surface area contributed by atoms with Gasteiger partial charge in [-0.05, 0) is 111 Å². The Morgan fingerprint density at radius 1 is 0.677 bits per heavy atom. The number of carbonyl (C=O) groups excluding carboxylic acids is 5. The first-order valence-electron chi connectivity index (χ1n) is 22.9. The molecular weight excluding hydrogens is 840 g/mol. The SMILES string of the molecule is N#Cc1ccc(N2CCC(C(=O)Nc3ccc(N4CCC(CN5CCN(C[C@H]6CCN(c7ccc8c(c7)C(=O)N(C7CCC(=O)NC7=O)C8=O)C6)CC5)CC4)cc3)CC2)cc1C(F)(F)F. The van der Waals surface area contributed by atoms with E-state index in [2.05, 4.69) is 42.4 Å². The number of alkyl halides is 3. The van der Waals surface area contributed by atoms with Gasteiger partial charge in [-0.2, -0.15) is 18.4 Å². The first-order valence-corrected chi connectivity index (χ1v) is 22.9. The minimum Gasteiger partial charge on any atom is -0.372 e. The van der Waals surface area contributed by atoms with Crippen molar-refractivity contribution >= 4 is 52.3 Å². The minimum absolute atomic E-state index is 0.0882. The molecule has 5 saturated heterocycles. The highest BCUT2D eigenvalue weighted by Gasteiger charge is 2.45. The van der Waals surface area contributed by atoms with Crippen molar-refractivity contribution in [3.63, 3.8) is 0 Å². The van der Waals surface area contributed by atoms with E-state index in [1.165, 1.54) is 12.1 Å². The maximum atomic E-state index is 13.5. The van der Waals surface area contributed by atoms with Gasteiger partial charge in [-0.3, -0.25) is 34.2 Å². The van der Waals surface area contributed by atoms with Crippen molar-refractivity contribution in [2.45, 2.75) is 57.2 Å². The molecule has 2 atom stereocenters. The van der Waals surface area contributed by atoms with Crippen LogP contribution in [0, 0.1) is 29.1 Å². The van der Waals surface area contributed by atoms with Crippen molar-refractivity contribution < 1.29 is 37.1 Å². The molecule has 0 aliphatic carbocycles. The zero-order valence-electron chi connectivity index (χ0n) is 36.3. The molecule has 9 rings (SSSR count). The molecule has 3 aromatic carbocycles. The summed E-state index contributed by atoms with van der Waals surface area (Å²) in [6.07, 6.45) is -0.0749. The fourth-order valence-corrected chi connectivity index (χ4v) is 10.6. The number of piperazine rings is 1. The van der Waals surface area contributed by atoms with E-state index in [-0.39, 0.29) is 24.7 Å². The Labute approximate surface area is 376 Å². The minimum atomic E-state index is -4.62. The average molecular weight is 894 g/mol. The smallest absolute Gasteiger partial charge is 0.372 e. The highest BCUT2D eigenvalue weighted by Crippen LogP contribution is 2.37. The van der Waals surface area contributed by atoms with Gasteiger partial charge in [-0.25, -0.2) is 0 Å². The summed E-state index contributed by atoms with van der Waals surface area (Å²) < 4.78 is 40.5. The molecule has 0 bridgehead atoms. The lowest BCUT2D eigenvalue weighted by atomic mass is 9.94. The van der Waals surface area contributed by atoms with Crippen molar-refractivity contribution in [1.29, 1.82) is 5.26 Å². The van der Waals surface area contributed by atoms with Gasteiger partial charge in [-0.1, -0.05) is 0 Å². The van der Waals surface area contributed by atoms with E-state index in [0.717, 1.165) is 113 Å². The predicted octanol–water partition coefficient (Wildman–Crippen LogP) is 5.19. The maximum Gasteiger partial charge on any atom is 0.417 e. The van der Waals surface area contributed by atoms with Gasteiger partial charge in [0.2, 0.25) is 17.7 Å². The number of rotatable bonds is 10. The number of nitriles is 1. The molecule has 65 heavy (non-hydrogen) atoms. The van der Waals surface area contributed by atoms with Crippen LogP contribution >= 0.6 is 0 Å². The average Bonchev–Trinajstić information content (AvgIpc) is 3.88. The molecule has 6 aliphatic heterocycles. The number of fused-ring (bicyclic) bond motifs is 1. The van der Waals surface area contributed by atoms with E-state index in [1.54, 1.807) is 18.2 Å². The monoisotopic (exact) mass is 893 g/mol. The fourth-order valence-electron chi connectivity index (χ4n) is 10.6. The Hall–Kier alpha value is -5.99. The number of anilines is 4. The number of carbonyl (C=O) groups is 5. The first-order chi connectivity index (χ1) is 31.3. The Morgan fingerprint density at radius 3 is 1.91 bits per heavy atom. The number of hydrogen-bond donors (Lipinski definition) is 2. The van der Waals surface area contributed by atoms with Crippen LogP contribution in [-0.4, -0.2) is 129 Å². The molecule has 2 N–H and O–H groups in total. The van der Waals surface area contributed by atoms with Crippen LogP contribution < -0.4 is 25.3 Å². The molecular formula is C48H54F3N9O5. The van der Waals surface area contributed by atoms with Gasteiger partial charge in [-0.15, -0.1) is 0 Å². The van der Waals surface area contributed by atoms with Gasteiger partial charge in [0.25, 0.3) is 11.8 Å². The van der Waals surface area contributed by atoms with Gasteiger partial charge in [0.05, 0.1) is 28.3 Å². The van der Waals surface area contributed by atoms with Gasteiger partial charge in [0, 0.05) is 114 Å². The molecule has 1 unspecified atom stereocenters. The Balaban J connectivity index is 0.672. The number of nitrogens with zero attached hydrogens (tertiary/aromatic N) is 7. The van der Waals surface area contributed by atoms with E-state index >= 15 is 0 Å². The van der Waals surface area contributed by atoms with E-state index in [4.69, 9.17) is 5.26 Å². The molecule has 14 nitrogen and oxygen atoms in total. The second kappa shape index (κ2) is 18.5. The Morgan fingerprint density at radius 2 is 1.25 bits per heavy atom. The standard InChI is InChI=1S/C48H54F3N9O5/c49-48(50,51)41-26-38(4-1-34(41)27-52)58-19-14-33(15-20-58)44(62)53-35-2-5-36(6-3-35)57-16-11-31(12-17-57)28-55-21-23-56(24-22-55)29-32-13-18-59(30-32)37-7-8-39-40(25-37)47(65)60(46(39)64)42-9-10-43(61)54-45(42)63/h1-8,25-26,31-33,42H,9-24,28-30H2,(H,53,62)(H,54,61,63)/t32-,42?/m1/s1. The van der Waals surface area contributed by atoms with Crippen LogP contribution in [0.4, 0.5) is 35.9 Å². The van der Waals surface area contributed by atoms with Crippen LogP contribution in [-0.2, 0) is 20.6 Å². The summed E-state index contributed by atoms with van der Waals surface area (Å²) in [6.45, 7) is 10.9. The molecule has 3 aromatic rings. The Bertz CT molecular complexity index is 2360. The molecule has 0 saturated carbocycles. The normalized spacial score (nSPS) is 22.9. The van der Waals surface area contributed by atoms with Crippen molar-refractivity contribution in [1.82, 2.24) is 20.0 Å². The third-order valence-corrected chi connectivity index (χ3v) is 14.3. The topological polar surface area (TPSA) is 153 Å². The summed E-state index contributed by atoms with van der Waals surface area (Å²) in [5.41, 5.74) is 2.43. The summed E-state index contributed by atoms with van der Waals surface area (Å²) in [4.78, 5) is 76.5. The number of nitrogens with one attached hydrogen (secondary N) is 2. The van der Waals surface area contributed by atoms with Crippen molar-refractivity contribution in [2.24, 2.45) is 17.8 Å². The molecule has 5 amide bonds. The lowest BCUT2D eigenvalue weighted by Gasteiger charge is -2.40. The second-order valence-electron chi connectivity index (χ2n) is 18.4. The number of halogens is 3. The van der Waals surface area contributed by atoms with Crippen LogP contribution in [0.3, 0.4) is 0 Å². The summed E-state index contributed by atoms with van der Waals surface area (Å²) >= 11 is 0. The maximum absolute atomic E-state index is 13.5. The van der Waals surface area contributed by atoms with Crippen LogP contribution in [0.2, 0.25) is 0 Å². The predicted molar refractivity (Wildman–Crippen MR) is 237 cm³/mol. The van der Waals surface area contributed by atoms with E-state index in [9.17, 15) is 37.1 Å². The van der Waals surface area contributed by atoms with Gasteiger partial charge >= 0.3 is 6.18 Å². The zero-order chi connectivity index (χ0) is 45.4. The van der Waals surface area contributed by atoms with Crippen LogP contribution in [0.25, 0.3) is 0 Å². The molecule has 0 radical (unpaired) electrons. The van der Waals surface area contributed by atoms with Gasteiger partial charge < -0.3 is 29.8 Å². The molecule has 342 valence electrons. The summed E-state index contributed by atoms with van der Waals surface area (Å²) in [6, 6.07) is 17.8. The summed E-state index contributed by atoms with van der Waals surface area (Å²) in [7, 11) is 0. The fraction of sp³-hybridized carbons (Fsp3) is 0.500. The summed E-state index contributed by atoms with van der Waals surface area (Å²) in [5, 5.41) is 14.4. The van der Waals surface area contributed by atoms with E-state index in [0.29, 0.717) is 54.6 Å². The second-order valence-corrected chi connectivity index (χ2v) is 18.4. The van der Waals surface area contributed by atoms with Gasteiger partial charge in [0.15, 0.2) is 0 Å². The Kier molecular flexibility index (Phi) is 12.6. The molecule has 6 heterocycles. The van der Waals surface area contributed by atoms with Gasteiger partial charge in [0.1, 0.15) is 6.04 Å². The highest BCUT2D eigenvalue weighted by atomic mass is 19.4. The third kappa shape index (κ3) is 9.55. The number of piperidine rings is 3. The first kappa shape index (κ1) is 44.2. The van der Waals surface area contributed by atoms with Crippen LogP contribution in [0.15, 0.2) is 60.7 Å². The lowest BCUT2D eigenvalue weighted by Crippen LogP contribution is -2.54. The van der Waals surface area contributed by atoms with E-state index < -0.39 is 47.0 Å². The number of benzene rings is 3. The molecule has 0 aromatic heterocycles. The number of imide groups is 2. The molecule has 0 spiro atoms. The number of hydrogen-bond acceptors (Lipinski definition) is 11. The summed E-state index contributed by atoms with van der Waals surface area (Å²) in [5.74, 6) is -1.17. The van der Waals surface area contributed by atoms with Crippen LogP contribution in [0.1, 0.15) is 76.8 Å². The quantitative estimate of drug-likeness (QED) is 0.259. The zero-order valence-corrected chi connectivity index (χ0v) is 36.3. The number of amides is 5. The van der Waals surface area contributed by atoms with Crippen molar-refractivity contribution in [3.8, 4) is 6.07 Å². The van der Waals surface area contributed by atoms with Crippen molar-refractivity contribution in [2.75, 3.05) is 98.6 Å². The lowest BCUT2D eigenvalue weighted by molar-refractivity contribution is -0.138. The van der Waals surface area contributed by atoms with Crippen molar-refractivity contribution in [3.05, 3.63) is 82.9 Å². The highest BCUT2D eigenvalue weighted by molar-refractivity contribution is 6.23. The van der Waals surface area contributed by atoms with E-state index in [1.807, 2.05) is 23.1 Å². The molecule has 6 aliphatic rings. The van der Waals surface area contributed by atoms with Crippen LogP contribution in [0.5, 0.6) is 0 Å². The largest absolute Gasteiger partial charge is 0.417 e. The third-order valence-electron chi connectivity index (χ3n) is 14.3. The molecule has 5 fully saturated rings.